The van der Waals surface area contributed by atoms with Gasteiger partial charge in [-0.2, -0.15) is 0 Å². The van der Waals surface area contributed by atoms with Gasteiger partial charge in [-0.1, -0.05) is 30.8 Å². The predicted molar refractivity (Wildman–Crippen MR) is 75.3 cm³/mol. The summed E-state index contributed by atoms with van der Waals surface area (Å²) in [5.41, 5.74) is 7.16. The van der Waals surface area contributed by atoms with Gasteiger partial charge in [0.25, 0.3) is 0 Å². The molecular weight excluding hydrogens is 244 g/mol. The van der Waals surface area contributed by atoms with Gasteiger partial charge >= 0.3 is 0 Å². The van der Waals surface area contributed by atoms with E-state index in [9.17, 15) is 4.79 Å². The minimum absolute atomic E-state index is 0.157. The number of carbonyl (C=O) groups is 1. The number of thiocarbonyl (C=S) groups is 1. The highest BCUT2D eigenvalue weighted by atomic mass is 32.1. The van der Waals surface area contributed by atoms with E-state index in [1.165, 1.54) is 19.3 Å². The lowest BCUT2D eigenvalue weighted by Gasteiger charge is -2.08. The first kappa shape index (κ1) is 11.7. The molecule has 3 rings (SSSR count). The van der Waals surface area contributed by atoms with Gasteiger partial charge in [-0.25, -0.2) is 0 Å². The molecule has 0 aliphatic heterocycles. The van der Waals surface area contributed by atoms with Gasteiger partial charge in [-0.15, -0.1) is 0 Å². The molecule has 1 aromatic carbocycles. The van der Waals surface area contributed by atoms with E-state index in [-0.39, 0.29) is 11.8 Å². The van der Waals surface area contributed by atoms with E-state index in [2.05, 4.69) is 5.32 Å². The highest BCUT2D eigenvalue weighted by molar-refractivity contribution is 7.80. The summed E-state index contributed by atoms with van der Waals surface area (Å²) in [6.45, 7) is 0. The van der Waals surface area contributed by atoms with Crippen molar-refractivity contribution in [3.8, 4) is 0 Å². The lowest BCUT2D eigenvalue weighted by atomic mass is 10.1. The molecule has 1 amide bonds. The summed E-state index contributed by atoms with van der Waals surface area (Å²) in [6.07, 6.45) is 3.72. The molecule has 3 nitrogen and oxygen atoms in total. The number of rotatable bonds is 3. The number of anilines is 1. The van der Waals surface area contributed by atoms with Gasteiger partial charge in [0.15, 0.2) is 0 Å². The average molecular weight is 260 g/mol. The van der Waals surface area contributed by atoms with E-state index >= 15 is 0 Å². The summed E-state index contributed by atoms with van der Waals surface area (Å²) in [7, 11) is 0. The van der Waals surface area contributed by atoms with Gasteiger partial charge < -0.3 is 11.1 Å². The Hall–Kier alpha value is -1.42. The molecule has 2 atom stereocenters. The van der Waals surface area contributed by atoms with Crippen LogP contribution in [-0.4, -0.2) is 10.9 Å². The van der Waals surface area contributed by atoms with Crippen LogP contribution < -0.4 is 11.1 Å². The second-order valence-electron chi connectivity index (χ2n) is 5.22. The maximum absolute atomic E-state index is 12.1. The SMILES string of the molecule is NC(=S)c1cccc(NC(=O)C2C3CCCC32)c1. The van der Waals surface area contributed by atoms with Crippen molar-refractivity contribution in [2.75, 3.05) is 5.32 Å². The quantitative estimate of drug-likeness (QED) is 0.820. The van der Waals surface area contributed by atoms with Crippen LogP contribution in [0.3, 0.4) is 0 Å². The molecular formula is C14H16N2OS. The summed E-state index contributed by atoms with van der Waals surface area (Å²) >= 11 is 4.93. The van der Waals surface area contributed by atoms with Crippen molar-refractivity contribution in [3.63, 3.8) is 0 Å². The Bertz CT molecular complexity index is 504. The van der Waals surface area contributed by atoms with E-state index in [1.807, 2.05) is 24.3 Å². The van der Waals surface area contributed by atoms with Crippen LogP contribution in [0.2, 0.25) is 0 Å². The highest BCUT2D eigenvalue weighted by Gasteiger charge is 2.56. The normalized spacial score (nSPS) is 28.6. The van der Waals surface area contributed by atoms with Crippen LogP contribution in [-0.2, 0) is 4.79 Å². The molecule has 0 spiro atoms. The van der Waals surface area contributed by atoms with Crippen molar-refractivity contribution in [2.45, 2.75) is 19.3 Å². The Morgan fingerprint density at radius 3 is 2.72 bits per heavy atom. The third kappa shape index (κ3) is 2.01. The van der Waals surface area contributed by atoms with E-state index in [0.717, 1.165) is 11.3 Å². The number of benzene rings is 1. The van der Waals surface area contributed by atoms with Crippen molar-refractivity contribution >= 4 is 28.8 Å². The fourth-order valence-electron chi connectivity index (χ4n) is 3.19. The van der Waals surface area contributed by atoms with Gasteiger partial charge in [0, 0.05) is 17.2 Å². The molecule has 3 N–H and O–H groups in total. The maximum atomic E-state index is 12.1. The third-order valence-corrected chi connectivity index (χ3v) is 4.36. The molecule has 0 radical (unpaired) electrons. The summed E-state index contributed by atoms with van der Waals surface area (Å²) < 4.78 is 0. The monoisotopic (exact) mass is 260 g/mol. The second kappa shape index (κ2) is 4.35. The number of carbonyl (C=O) groups excluding carboxylic acids is 1. The second-order valence-corrected chi connectivity index (χ2v) is 5.66. The fraction of sp³-hybridized carbons (Fsp3) is 0.429. The van der Waals surface area contributed by atoms with Crippen molar-refractivity contribution < 1.29 is 4.79 Å². The van der Waals surface area contributed by atoms with Crippen LogP contribution in [0.5, 0.6) is 0 Å². The predicted octanol–water partition coefficient (Wildman–Crippen LogP) is 2.31. The highest BCUT2D eigenvalue weighted by Crippen LogP contribution is 2.57. The van der Waals surface area contributed by atoms with E-state index in [1.54, 1.807) is 0 Å². The number of hydrogen-bond acceptors (Lipinski definition) is 2. The van der Waals surface area contributed by atoms with E-state index < -0.39 is 0 Å². The minimum Gasteiger partial charge on any atom is -0.389 e. The standard InChI is InChI=1S/C14H16N2OS/c15-13(18)8-3-1-4-9(7-8)16-14(17)12-10-5-2-6-11(10)12/h1,3-4,7,10-12H,2,5-6H2,(H2,15,18)(H,16,17). The molecule has 2 unspecified atom stereocenters. The molecule has 2 aliphatic rings. The van der Waals surface area contributed by atoms with Crippen LogP contribution >= 0.6 is 12.2 Å². The number of fused-ring (bicyclic) bond motifs is 1. The van der Waals surface area contributed by atoms with Crippen molar-refractivity contribution in [3.05, 3.63) is 29.8 Å². The lowest BCUT2D eigenvalue weighted by Crippen LogP contribution is -2.17. The Balaban J connectivity index is 1.67. The van der Waals surface area contributed by atoms with Gasteiger partial charge in [-0.05, 0) is 36.8 Å². The Morgan fingerprint density at radius 2 is 2.06 bits per heavy atom. The van der Waals surface area contributed by atoms with Crippen LogP contribution in [0.25, 0.3) is 0 Å². The van der Waals surface area contributed by atoms with Crippen molar-refractivity contribution in [2.24, 2.45) is 23.5 Å². The molecule has 0 bridgehead atoms. The topological polar surface area (TPSA) is 55.1 Å². The lowest BCUT2D eigenvalue weighted by molar-refractivity contribution is -0.118. The summed E-state index contributed by atoms with van der Waals surface area (Å²) in [5, 5.41) is 2.97. The summed E-state index contributed by atoms with van der Waals surface area (Å²) in [4.78, 5) is 12.5. The van der Waals surface area contributed by atoms with E-state index in [0.29, 0.717) is 16.8 Å². The van der Waals surface area contributed by atoms with Crippen molar-refractivity contribution in [1.29, 1.82) is 0 Å². The Morgan fingerprint density at radius 1 is 1.33 bits per heavy atom. The smallest absolute Gasteiger partial charge is 0.228 e. The minimum atomic E-state index is 0.157. The van der Waals surface area contributed by atoms with Crippen molar-refractivity contribution in [1.82, 2.24) is 0 Å². The Labute approximate surface area is 112 Å². The number of nitrogens with one attached hydrogen (secondary N) is 1. The largest absolute Gasteiger partial charge is 0.389 e. The molecule has 0 saturated heterocycles. The Kier molecular flexibility index (Phi) is 2.82. The first-order valence-corrected chi connectivity index (χ1v) is 6.78. The molecule has 1 aromatic rings. The van der Waals surface area contributed by atoms with Gasteiger partial charge in [0.2, 0.25) is 5.91 Å². The zero-order chi connectivity index (χ0) is 12.7. The van der Waals surface area contributed by atoms with Gasteiger partial charge in [0.1, 0.15) is 4.99 Å². The first-order chi connectivity index (χ1) is 8.66. The van der Waals surface area contributed by atoms with E-state index in [4.69, 9.17) is 18.0 Å². The number of hydrogen-bond donors (Lipinski definition) is 2. The van der Waals surface area contributed by atoms with Crippen LogP contribution in [0.1, 0.15) is 24.8 Å². The van der Waals surface area contributed by atoms with Gasteiger partial charge in [0.05, 0.1) is 0 Å². The molecule has 2 saturated carbocycles. The average Bonchev–Trinajstić information content (AvgIpc) is 2.84. The zero-order valence-electron chi connectivity index (χ0n) is 10.1. The van der Waals surface area contributed by atoms with Crippen LogP contribution in [0.4, 0.5) is 5.69 Å². The maximum Gasteiger partial charge on any atom is 0.228 e. The zero-order valence-corrected chi connectivity index (χ0v) is 10.9. The van der Waals surface area contributed by atoms with Crippen LogP contribution in [0, 0.1) is 17.8 Å². The first-order valence-electron chi connectivity index (χ1n) is 6.37. The summed E-state index contributed by atoms with van der Waals surface area (Å²) in [5.74, 6) is 1.68. The molecule has 0 heterocycles. The molecule has 94 valence electrons. The summed E-state index contributed by atoms with van der Waals surface area (Å²) in [6, 6.07) is 7.41. The van der Waals surface area contributed by atoms with Gasteiger partial charge in [-0.3, -0.25) is 4.79 Å². The molecule has 0 aromatic heterocycles. The van der Waals surface area contributed by atoms with Crippen LogP contribution in [0.15, 0.2) is 24.3 Å². The number of amides is 1. The molecule has 18 heavy (non-hydrogen) atoms. The molecule has 2 aliphatic carbocycles. The fourth-order valence-corrected chi connectivity index (χ4v) is 3.31. The molecule has 4 heteroatoms. The molecule has 2 fully saturated rings. The third-order valence-electron chi connectivity index (χ3n) is 4.12. The number of nitrogens with two attached hydrogens (primary N) is 1.